The van der Waals surface area contributed by atoms with E-state index in [1.165, 1.54) is 10.1 Å². The number of benzene rings is 8. The van der Waals surface area contributed by atoms with Crippen LogP contribution in [0.15, 0.2) is 170 Å². The Labute approximate surface area is 412 Å². The van der Waals surface area contributed by atoms with Crippen LogP contribution in [0.25, 0.3) is 61.0 Å². The number of hydrogen-bond acceptors (Lipinski definition) is 4. The van der Waals surface area contributed by atoms with E-state index in [0.29, 0.717) is 22.2 Å². The normalized spacial score (nSPS) is 14.5. The van der Waals surface area contributed by atoms with Crippen molar-refractivity contribution in [1.29, 1.82) is 0 Å². The molecule has 6 nitrogen and oxygen atoms in total. The Morgan fingerprint density at radius 1 is 0.667 bits per heavy atom. The molecule has 0 unspecified atom stereocenters. The van der Waals surface area contributed by atoms with Gasteiger partial charge in [0.15, 0.2) is 0 Å². The Bertz CT molecular complexity index is 3730. The molecule has 8 heteroatoms. The van der Waals surface area contributed by atoms with Crippen molar-refractivity contribution in [3.8, 4) is 39.7 Å². The summed E-state index contributed by atoms with van der Waals surface area (Å²) in [6.45, 7) is 13.0. The van der Waals surface area contributed by atoms with Gasteiger partial charge >= 0.3 is 0 Å². The van der Waals surface area contributed by atoms with Crippen molar-refractivity contribution in [3.63, 3.8) is 0 Å². The predicted molar refractivity (Wildman–Crippen MR) is 273 cm³/mol. The van der Waals surface area contributed by atoms with E-state index in [-0.39, 0.29) is 66.7 Å². The molecule has 0 N–H and O–H groups in total. The van der Waals surface area contributed by atoms with Crippen LogP contribution in [0.1, 0.15) is 35.9 Å². The second kappa shape index (κ2) is 16.6. The van der Waals surface area contributed by atoms with Gasteiger partial charge in [-0.25, -0.2) is 4.98 Å². The van der Waals surface area contributed by atoms with Crippen LogP contribution in [-0.4, -0.2) is 22.2 Å². The van der Waals surface area contributed by atoms with Gasteiger partial charge in [0.1, 0.15) is 0 Å². The first-order valence-corrected chi connectivity index (χ1v) is 25.3. The molecule has 0 aliphatic carbocycles. The zero-order chi connectivity index (χ0) is 50.6. The van der Waals surface area contributed by atoms with E-state index in [2.05, 4.69) is 154 Å². The molecule has 3 heterocycles. The van der Waals surface area contributed by atoms with Crippen LogP contribution in [0.2, 0.25) is 19.6 Å². The predicted octanol–water partition coefficient (Wildman–Crippen LogP) is 14.6. The average molecular weight is 1060 g/mol. The first-order valence-electron chi connectivity index (χ1n) is 25.3. The van der Waals surface area contributed by atoms with Crippen molar-refractivity contribution in [2.24, 2.45) is 6.98 Å². The molecule has 0 bridgehead atoms. The van der Waals surface area contributed by atoms with Crippen LogP contribution in [0.4, 0.5) is 22.7 Å². The molecular formula is C58H50N5OPtSi-3. The topological polar surface area (TPSA) is 38.5 Å². The van der Waals surface area contributed by atoms with Crippen molar-refractivity contribution in [3.05, 3.63) is 194 Å². The van der Waals surface area contributed by atoms with E-state index < -0.39 is 27.1 Å². The first-order chi connectivity index (χ1) is 34.3. The number of fused-ring (bicyclic) bond motifs is 5. The molecule has 0 atom stereocenters. The van der Waals surface area contributed by atoms with Crippen molar-refractivity contribution in [2.45, 2.75) is 45.8 Å². The second-order valence-corrected chi connectivity index (χ2v) is 23.7. The number of aromatic nitrogens is 3. The summed E-state index contributed by atoms with van der Waals surface area (Å²) in [4.78, 5) is 9.26. The van der Waals surface area contributed by atoms with Gasteiger partial charge in [-0.05, 0) is 69.9 Å². The third-order valence-corrected chi connectivity index (χ3v) is 14.2. The Morgan fingerprint density at radius 3 is 1.97 bits per heavy atom. The van der Waals surface area contributed by atoms with E-state index >= 15 is 0 Å². The fourth-order valence-electron chi connectivity index (χ4n) is 8.79. The van der Waals surface area contributed by atoms with E-state index in [9.17, 15) is 0 Å². The summed E-state index contributed by atoms with van der Waals surface area (Å²) < 4.78 is 70.8. The smallest absolute Gasteiger partial charge is 0.213 e. The molecule has 330 valence electrons. The van der Waals surface area contributed by atoms with Crippen LogP contribution in [-0.2, 0) is 33.5 Å². The van der Waals surface area contributed by atoms with Crippen molar-refractivity contribution < 1.29 is 35.4 Å². The Balaban J connectivity index is 0.00000611. The maximum absolute atomic E-state index is 9.15. The van der Waals surface area contributed by atoms with Crippen LogP contribution < -0.4 is 19.7 Å². The number of ether oxygens (including phenoxy) is 1. The van der Waals surface area contributed by atoms with Gasteiger partial charge in [-0.15, -0.1) is 42.0 Å². The zero-order valence-corrected chi connectivity index (χ0v) is 40.7. The summed E-state index contributed by atoms with van der Waals surface area (Å²) in [6.07, 6.45) is 0. The minimum Gasteiger partial charge on any atom is -0.509 e. The first kappa shape index (κ1) is 35.6. The van der Waals surface area contributed by atoms with E-state index in [1.807, 2.05) is 24.3 Å². The SMILES string of the molecule is [2H]c1c([2H])c([2H])c2c(c1[2H])c1ccc(Oc3[c-]c(N4[CH-]N(c5c(-c6ccccc6)cc(C(C)(C)C)cc5-c5ccccc5)c5ccccc54)cc([Si](C)(C)C)c3)[c-]c1n2-c1nc2ccccc2n1C([2H])([2H])[2H].[Pt]. The Hall–Kier alpha value is -6.66. The number of rotatable bonds is 8. The molecular weight excluding hydrogens is 1010 g/mol. The van der Waals surface area contributed by atoms with Crippen LogP contribution in [0, 0.1) is 18.8 Å². The number of aryl methyl sites for hydroxylation is 1. The quantitative estimate of drug-likeness (QED) is 0.112. The molecule has 10 aromatic rings. The maximum Gasteiger partial charge on any atom is 0.213 e. The molecule has 0 spiro atoms. The number of para-hydroxylation sites is 5. The van der Waals surface area contributed by atoms with Gasteiger partial charge in [0.05, 0.1) is 24.6 Å². The fraction of sp³-hybridized carbons (Fsp3) is 0.138. The zero-order valence-electron chi connectivity index (χ0n) is 44.4. The number of imidazole rings is 1. The van der Waals surface area contributed by atoms with Gasteiger partial charge in [0, 0.05) is 77.4 Å². The number of hydrogen-bond donors (Lipinski definition) is 0. The van der Waals surface area contributed by atoms with Gasteiger partial charge < -0.3 is 23.7 Å². The summed E-state index contributed by atoms with van der Waals surface area (Å²) in [5.41, 5.74) is 10.4. The minimum atomic E-state index is -2.71. The molecule has 0 amide bonds. The molecule has 0 saturated carbocycles. The van der Waals surface area contributed by atoms with Gasteiger partial charge in [-0.1, -0.05) is 149 Å². The minimum absolute atomic E-state index is 0. The van der Waals surface area contributed by atoms with Crippen molar-refractivity contribution in [2.75, 3.05) is 9.80 Å². The molecule has 0 fully saturated rings. The number of nitrogens with zero attached hydrogens (tertiary/aromatic N) is 5. The summed E-state index contributed by atoms with van der Waals surface area (Å²) in [5.74, 6) is 0.645. The van der Waals surface area contributed by atoms with E-state index in [0.717, 1.165) is 54.8 Å². The molecule has 0 saturated heterocycles. The second-order valence-electron chi connectivity index (χ2n) is 18.6. The standard InChI is InChI=1S/C58H50N5OSi.Pt/c1-58(2,3)41-32-48(39-20-10-8-11-21-39)56(49(33-41)40-22-12-9-13-23-40)62-38-61(53-28-18-19-29-54(53)62)42-34-44(36-45(35-42)65(5,6)7)64-43-30-31-47-46-24-14-16-26-51(46)63(55(47)37-43)57-59-50-25-15-17-27-52(50)60(57)4;/h8-33,35-36,38H,1-7H3;/q-3;/i4D3,14D,16D,24D,26D;. The average Bonchev–Trinajstić information content (AvgIpc) is 4.05. The summed E-state index contributed by atoms with van der Waals surface area (Å²) in [7, 11) is -2.06. The van der Waals surface area contributed by atoms with Crippen molar-refractivity contribution >= 4 is 68.8 Å². The molecule has 66 heavy (non-hydrogen) atoms. The molecule has 1 aliphatic rings. The van der Waals surface area contributed by atoms with Gasteiger partial charge in [0.2, 0.25) is 5.95 Å². The van der Waals surface area contributed by atoms with Crippen LogP contribution in [0.5, 0.6) is 11.5 Å². The summed E-state index contributed by atoms with van der Waals surface area (Å²) in [6, 6.07) is 54.2. The fourth-order valence-corrected chi connectivity index (χ4v) is 9.93. The monoisotopic (exact) mass is 1060 g/mol. The molecule has 1 aliphatic heterocycles. The summed E-state index contributed by atoms with van der Waals surface area (Å²) >= 11 is 0. The van der Waals surface area contributed by atoms with Crippen LogP contribution in [0.3, 0.4) is 0 Å². The Kier molecular flexibility index (Phi) is 8.97. The van der Waals surface area contributed by atoms with Gasteiger partial charge in [0.25, 0.3) is 0 Å². The molecule has 0 radical (unpaired) electrons. The van der Waals surface area contributed by atoms with E-state index in [4.69, 9.17) is 19.3 Å². The molecule has 11 rings (SSSR count). The van der Waals surface area contributed by atoms with Gasteiger partial charge in [-0.3, -0.25) is 0 Å². The molecule has 8 aromatic carbocycles. The number of anilines is 4. The van der Waals surface area contributed by atoms with E-state index in [1.54, 1.807) is 36.4 Å². The third kappa shape index (κ3) is 7.54. The molecule has 2 aromatic heterocycles. The van der Waals surface area contributed by atoms with Gasteiger partial charge in [-0.2, -0.15) is 17.3 Å². The Morgan fingerprint density at radius 2 is 1.30 bits per heavy atom. The maximum atomic E-state index is 9.15. The third-order valence-electron chi connectivity index (χ3n) is 12.2. The largest absolute Gasteiger partial charge is 0.509 e. The van der Waals surface area contributed by atoms with Crippen LogP contribution >= 0.6 is 0 Å². The van der Waals surface area contributed by atoms with Crippen molar-refractivity contribution in [1.82, 2.24) is 14.1 Å². The summed E-state index contributed by atoms with van der Waals surface area (Å²) in [5, 5.41) is 1.76.